The zero-order valence-electron chi connectivity index (χ0n) is 15.5. The monoisotopic (exact) mass is 382 g/mol. The predicted molar refractivity (Wildman–Crippen MR) is 107 cm³/mol. The van der Waals surface area contributed by atoms with Crippen molar-refractivity contribution in [2.75, 3.05) is 4.90 Å². The van der Waals surface area contributed by atoms with Crippen molar-refractivity contribution >= 4 is 17.6 Å². The standard InChI is InChI=1S/C20H23FN6O/c21-16-12-15(7-8-17(16)28-13-14-6-2-5-11-24-14)27-19(23)25-18(22)26-20(27)9-3-1-4-10-20/h2,5-8,11-12H,1,3-4,9-10,13H2,(H4,22,23,25,26). The summed E-state index contributed by atoms with van der Waals surface area (Å²) in [7, 11) is 0. The number of benzene rings is 1. The molecule has 1 aromatic carbocycles. The summed E-state index contributed by atoms with van der Waals surface area (Å²) in [6.45, 7) is 0.190. The molecule has 1 aromatic heterocycles. The first-order valence-corrected chi connectivity index (χ1v) is 9.39. The van der Waals surface area contributed by atoms with Gasteiger partial charge in [0.15, 0.2) is 11.6 Å². The number of halogens is 1. The molecule has 0 saturated heterocycles. The highest BCUT2D eigenvalue weighted by atomic mass is 19.1. The fourth-order valence-corrected chi connectivity index (χ4v) is 3.88. The van der Waals surface area contributed by atoms with E-state index in [1.54, 1.807) is 23.2 Å². The summed E-state index contributed by atoms with van der Waals surface area (Å²) >= 11 is 0. The van der Waals surface area contributed by atoms with Gasteiger partial charge in [-0.3, -0.25) is 9.88 Å². The van der Waals surface area contributed by atoms with Crippen molar-refractivity contribution in [3.8, 4) is 5.75 Å². The van der Waals surface area contributed by atoms with Crippen molar-refractivity contribution in [3.63, 3.8) is 0 Å². The third kappa shape index (κ3) is 3.49. The van der Waals surface area contributed by atoms with E-state index in [0.717, 1.165) is 37.8 Å². The number of rotatable bonds is 4. The van der Waals surface area contributed by atoms with Crippen LogP contribution >= 0.6 is 0 Å². The van der Waals surface area contributed by atoms with Crippen molar-refractivity contribution in [1.82, 2.24) is 4.98 Å². The molecule has 0 bridgehead atoms. The summed E-state index contributed by atoms with van der Waals surface area (Å²) in [5, 5.41) is 0. The number of ether oxygens (including phenoxy) is 1. The number of aromatic nitrogens is 1. The van der Waals surface area contributed by atoms with Crippen LogP contribution in [0.25, 0.3) is 0 Å². The first kappa shape index (κ1) is 18.2. The number of nitrogens with two attached hydrogens (primary N) is 2. The van der Waals surface area contributed by atoms with Crippen LogP contribution in [0, 0.1) is 5.82 Å². The Morgan fingerprint density at radius 1 is 1.11 bits per heavy atom. The van der Waals surface area contributed by atoms with Crippen LogP contribution in [0.5, 0.6) is 5.75 Å². The molecule has 2 heterocycles. The Morgan fingerprint density at radius 3 is 2.64 bits per heavy atom. The zero-order chi connectivity index (χ0) is 19.6. The molecule has 0 radical (unpaired) electrons. The maximum absolute atomic E-state index is 14.8. The molecular formula is C20H23FN6O. The van der Waals surface area contributed by atoms with Crippen LogP contribution < -0.4 is 21.1 Å². The second-order valence-electron chi connectivity index (χ2n) is 7.04. The minimum absolute atomic E-state index is 0.155. The SMILES string of the molecule is NC1=NC2(CCCCC2)N(c2ccc(OCc3ccccn3)c(F)c2)C(N)=N1. The van der Waals surface area contributed by atoms with Crippen LogP contribution in [0.4, 0.5) is 10.1 Å². The van der Waals surface area contributed by atoms with Crippen LogP contribution in [0.1, 0.15) is 37.8 Å². The zero-order valence-corrected chi connectivity index (χ0v) is 15.5. The number of nitrogens with zero attached hydrogens (tertiary/aromatic N) is 4. The van der Waals surface area contributed by atoms with Crippen molar-refractivity contribution < 1.29 is 9.13 Å². The number of hydrogen-bond acceptors (Lipinski definition) is 7. The number of hydrogen-bond donors (Lipinski definition) is 2. The molecular weight excluding hydrogens is 359 g/mol. The van der Waals surface area contributed by atoms with E-state index in [1.807, 2.05) is 18.2 Å². The first-order chi connectivity index (χ1) is 13.6. The Bertz CT molecular complexity index is 908. The molecule has 1 spiro atoms. The van der Waals surface area contributed by atoms with E-state index in [-0.39, 0.29) is 24.3 Å². The van der Waals surface area contributed by atoms with Crippen LogP contribution in [0.2, 0.25) is 0 Å². The third-order valence-electron chi connectivity index (χ3n) is 5.13. The van der Waals surface area contributed by atoms with Gasteiger partial charge in [0.2, 0.25) is 11.9 Å². The summed E-state index contributed by atoms with van der Waals surface area (Å²) < 4.78 is 20.3. The molecule has 28 heavy (non-hydrogen) atoms. The van der Waals surface area contributed by atoms with E-state index in [2.05, 4.69) is 15.0 Å². The largest absolute Gasteiger partial charge is 0.484 e. The van der Waals surface area contributed by atoms with Gasteiger partial charge in [0.05, 0.1) is 5.69 Å². The fraction of sp³-hybridized carbons (Fsp3) is 0.350. The van der Waals surface area contributed by atoms with Gasteiger partial charge in [0.1, 0.15) is 12.3 Å². The highest BCUT2D eigenvalue weighted by molar-refractivity contribution is 6.05. The maximum atomic E-state index is 14.8. The van der Waals surface area contributed by atoms with Gasteiger partial charge in [0, 0.05) is 18.0 Å². The highest BCUT2D eigenvalue weighted by Gasteiger charge is 2.42. The van der Waals surface area contributed by atoms with E-state index >= 15 is 0 Å². The lowest BCUT2D eigenvalue weighted by molar-refractivity contribution is 0.285. The molecule has 2 aromatic rings. The van der Waals surface area contributed by atoms with E-state index in [0.29, 0.717) is 5.69 Å². The Labute approximate surface area is 162 Å². The smallest absolute Gasteiger partial charge is 0.220 e. The number of anilines is 1. The molecule has 146 valence electrons. The van der Waals surface area contributed by atoms with Gasteiger partial charge in [-0.15, -0.1) is 0 Å². The molecule has 1 fully saturated rings. The average Bonchev–Trinajstić information content (AvgIpc) is 2.68. The summed E-state index contributed by atoms with van der Waals surface area (Å²) in [6.07, 6.45) is 6.42. The summed E-state index contributed by atoms with van der Waals surface area (Å²) in [5.41, 5.74) is 12.8. The van der Waals surface area contributed by atoms with E-state index < -0.39 is 11.5 Å². The van der Waals surface area contributed by atoms with Crippen LogP contribution in [0.15, 0.2) is 52.6 Å². The van der Waals surface area contributed by atoms with Crippen molar-refractivity contribution in [1.29, 1.82) is 0 Å². The molecule has 7 nitrogen and oxygen atoms in total. The van der Waals surface area contributed by atoms with Gasteiger partial charge in [-0.2, -0.15) is 4.99 Å². The lowest BCUT2D eigenvalue weighted by Gasteiger charge is -2.45. The average molecular weight is 382 g/mol. The van der Waals surface area contributed by atoms with Crippen LogP contribution in [-0.2, 0) is 6.61 Å². The number of aliphatic imine (C=N–C) groups is 2. The molecule has 4 N–H and O–H groups in total. The number of guanidine groups is 2. The van der Waals surface area contributed by atoms with E-state index in [1.165, 1.54) is 6.07 Å². The quantitative estimate of drug-likeness (QED) is 0.846. The van der Waals surface area contributed by atoms with Crippen molar-refractivity contribution in [3.05, 3.63) is 54.1 Å². The Morgan fingerprint density at radius 2 is 1.93 bits per heavy atom. The molecule has 0 atom stereocenters. The Kier molecular flexibility index (Phi) is 4.85. The lowest BCUT2D eigenvalue weighted by Crippen LogP contribution is -2.58. The van der Waals surface area contributed by atoms with Crippen molar-refractivity contribution in [2.45, 2.75) is 44.4 Å². The Hall–Kier alpha value is -3.16. The molecule has 1 aliphatic carbocycles. The summed E-state index contributed by atoms with van der Waals surface area (Å²) in [4.78, 5) is 14.7. The second-order valence-corrected chi connectivity index (χ2v) is 7.04. The van der Waals surface area contributed by atoms with E-state index in [4.69, 9.17) is 16.2 Å². The molecule has 2 aliphatic rings. The minimum atomic E-state index is -0.600. The number of pyridine rings is 1. The molecule has 0 unspecified atom stereocenters. The molecule has 8 heteroatoms. The second kappa shape index (κ2) is 7.46. The topological polar surface area (TPSA) is 102 Å². The fourth-order valence-electron chi connectivity index (χ4n) is 3.88. The van der Waals surface area contributed by atoms with Crippen LogP contribution in [-0.4, -0.2) is 22.6 Å². The normalized spacial score (nSPS) is 18.5. The molecule has 1 aliphatic heterocycles. The molecule has 1 saturated carbocycles. The van der Waals surface area contributed by atoms with Gasteiger partial charge in [-0.1, -0.05) is 12.5 Å². The minimum Gasteiger partial charge on any atom is -0.484 e. The maximum Gasteiger partial charge on any atom is 0.220 e. The van der Waals surface area contributed by atoms with Crippen LogP contribution in [0.3, 0.4) is 0 Å². The predicted octanol–water partition coefficient (Wildman–Crippen LogP) is 2.91. The van der Waals surface area contributed by atoms with Crippen molar-refractivity contribution in [2.24, 2.45) is 21.5 Å². The van der Waals surface area contributed by atoms with Gasteiger partial charge < -0.3 is 16.2 Å². The van der Waals surface area contributed by atoms with Gasteiger partial charge in [-0.25, -0.2) is 9.38 Å². The lowest BCUT2D eigenvalue weighted by atomic mass is 9.87. The highest BCUT2D eigenvalue weighted by Crippen LogP contribution is 2.40. The van der Waals surface area contributed by atoms with Gasteiger partial charge in [-0.05, 0) is 49.9 Å². The summed E-state index contributed by atoms with van der Waals surface area (Å²) in [5.74, 6) is 0.0831. The molecule has 4 rings (SSSR count). The molecule has 0 amide bonds. The first-order valence-electron chi connectivity index (χ1n) is 9.39. The Balaban J connectivity index is 1.59. The summed E-state index contributed by atoms with van der Waals surface area (Å²) in [6, 6.07) is 10.3. The van der Waals surface area contributed by atoms with E-state index in [9.17, 15) is 4.39 Å². The third-order valence-corrected chi connectivity index (χ3v) is 5.13. The van der Waals surface area contributed by atoms with Gasteiger partial charge >= 0.3 is 0 Å². The van der Waals surface area contributed by atoms with Gasteiger partial charge in [0.25, 0.3) is 0 Å².